The fraction of sp³-hybridized carbons (Fsp3) is 0.471. The summed E-state index contributed by atoms with van der Waals surface area (Å²) in [7, 11) is 2.72. The molecule has 23 heavy (non-hydrogen) atoms. The van der Waals surface area contributed by atoms with Crippen molar-refractivity contribution in [3.8, 4) is 17.2 Å². The summed E-state index contributed by atoms with van der Waals surface area (Å²) in [6, 6.07) is 3.11. The molecule has 0 aliphatic heterocycles. The largest absolute Gasteiger partial charge is 0.493 e. The minimum atomic E-state index is -2.98. The Balaban J connectivity index is 2.42. The third kappa shape index (κ3) is 4.00. The monoisotopic (exact) mass is 326 g/mol. The molecule has 4 nitrogen and oxygen atoms in total. The molecule has 2 rings (SSSR count). The number of ether oxygens (including phenoxy) is 3. The number of hydrogen-bond donors (Lipinski definition) is 0. The van der Waals surface area contributed by atoms with Crippen LogP contribution in [0.15, 0.2) is 17.7 Å². The van der Waals surface area contributed by atoms with Crippen LogP contribution in [-0.2, 0) is 4.79 Å². The maximum absolute atomic E-state index is 12.5. The molecule has 0 radical (unpaired) electrons. The second kappa shape index (κ2) is 7.44. The number of Topliss-reactive ketones (excluding diaryl/α,β-unsaturated/α-hetero) is 1. The Hall–Kier alpha value is -2.11. The highest BCUT2D eigenvalue weighted by Crippen LogP contribution is 2.40. The molecule has 0 amide bonds. The number of carbonyl (C=O) groups excluding carboxylic acids is 1. The number of alkyl halides is 2. The van der Waals surface area contributed by atoms with Gasteiger partial charge in [-0.15, -0.1) is 0 Å². The van der Waals surface area contributed by atoms with E-state index in [2.05, 4.69) is 4.74 Å². The van der Waals surface area contributed by atoms with Gasteiger partial charge in [-0.3, -0.25) is 4.79 Å². The van der Waals surface area contributed by atoms with Gasteiger partial charge in [0.25, 0.3) is 0 Å². The van der Waals surface area contributed by atoms with Gasteiger partial charge in [0, 0.05) is 5.92 Å². The lowest BCUT2D eigenvalue weighted by molar-refractivity contribution is -0.119. The van der Waals surface area contributed by atoms with E-state index in [0.29, 0.717) is 12.0 Å². The Morgan fingerprint density at radius 2 is 1.83 bits per heavy atom. The van der Waals surface area contributed by atoms with Crippen LogP contribution in [-0.4, -0.2) is 26.6 Å². The molecular weight excluding hydrogens is 306 g/mol. The van der Waals surface area contributed by atoms with Gasteiger partial charge in [0.15, 0.2) is 17.3 Å². The number of halogens is 2. The van der Waals surface area contributed by atoms with E-state index in [4.69, 9.17) is 9.47 Å². The number of allylic oxidation sites excluding steroid dienone is 1. The quantitative estimate of drug-likeness (QED) is 0.765. The zero-order chi connectivity index (χ0) is 17.0. The summed E-state index contributed by atoms with van der Waals surface area (Å²) in [5.74, 6) is 0.249. The average Bonchev–Trinajstić information content (AvgIpc) is 2.52. The van der Waals surface area contributed by atoms with Crippen molar-refractivity contribution in [1.29, 1.82) is 0 Å². The maximum atomic E-state index is 12.5. The highest BCUT2D eigenvalue weighted by atomic mass is 19.3. The van der Waals surface area contributed by atoms with Gasteiger partial charge in [0.05, 0.1) is 14.2 Å². The van der Waals surface area contributed by atoms with Gasteiger partial charge in [-0.1, -0.05) is 6.92 Å². The first-order valence-corrected chi connectivity index (χ1v) is 7.42. The number of rotatable bonds is 5. The molecule has 0 saturated heterocycles. The first-order chi connectivity index (χ1) is 11.0. The number of carbonyl (C=O) groups is 1. The summed E-state index contributed by atoms with van der Waals surface area (Å²) >= 11 is 0. The van der Waals surface area contributed by atoms with Crippen LogP contribution in [0.1, 0.15) is 31.7 Å². The Labute approximate surface area is 134 Å². The molecule has 0 unspecified atom stereocenters. The summed E-state index contributed by atoms with van der Waals surface area (Å²) in [5.41, 5.74) is 1.38. The van der Waals surface area contributed by atoms with Crippen molar-refractivity contribution in [2.24, 2.45) is 5.92 Å². The second-order valence-electron chi connectivity index (χ2n) is 5.46. The first-order valence-electron chi connectivity index (χ1n) is 7.42. The van der Waals surface area contributed by atoms with Crippen molar-refractivity contribution >= 4 is 11.9 Å². The highest BCUT2D eigenvalue weighted by Gasteiger charge is 2.23. The zero-order valence-electron chi connectivity index (χ0n) is 13.4. The molecular formula is C17H20F2O4. The second-order valence-corrected chi connectivity index (χ2v) is 5.46. The summed E-state index contributed by atoms with van der Waals surface area (Å²) in [4.78, 5) is 12.2. The van der Waals surface area contributed by atoms with Crippen molar-refractivity contribution < 1.29 is 27.8 Å². The van der Waals surface area contributed by atoms with E-state index < -0.39 is 6.61 Å². The molecule has 0 aromatic heterocycles. The highest BCUT2D eigenvalue weighted by molar-refractivity contribution is 6.01. The topological polar surface area (TPSA) is 44.8 Å². The number of benzene rings is 1. The van der Waals surface area contributed by atoms with Crippen LogP contribution in [0.3, 0.4) is 0 Å². The summed E-state index contributed by atoms with van der Waals surface area (Å²) in [5, 5.41) is 0. The molecule has 0 N–H and O–H groups in total. The Morgan fingerprint density at radius 3 is 2.35 bits per heavy atom. The van der Waals surface area contributed by atoms with E-state index in [-0.39, 0.29) is 28.9 Å². The van der Waals surface area contributed by atoms with Crippen molar-refractivity contribution in [2.45, 2.75) is 32.8 Å². The van der Waals surface area contributed by atoms with E-state index in [1.54, 1.807) is 18.2 Å². The van der Waals surface area contributed by atoms with E-state index in [1.807, 2.05) is 6.92 Å². The van der Waals surface area contributed by atoms with Crippen LogP contribution >= 0.6 is 0 Å². The standard InChI is InChI=1S/C17H20F2O4/c1-10-5-4-6-12(15(10)20)7-11-8-13(21-2)16(23-17(18)19)14(9-11)22-3/h7-10,17H,4-6H2,1-3H3/b12-7+/t10-/m0/s1. The van der Waals surface area contributed by atoms with Gasteiger partial charge < -0.3 is 14.2 Å². The number of hydrogen-bond acceptors (Lipinski definition) is 4. The Morgan fingerprint density at radius 1 is 1.22 bits per heavy atom. The van der Waals surface area contributed by atoms with Gasteiger partial charge in [0.1, 0.15) is 0 Å². The number of methoxy groups -OCH3 is 2. The molecule has 0 bridgehead atoms. The van der Waals surface area contributed by atoms with Crippen LogP contribution in [0.25, 0.3) is 6.08 Å². The minimum Gasteiger partial charge on any atom is -0.493 e. The van der Waals surface area contributed by atoms with Crippen molar-refractivity contribution in [3.63, 3.8) is 0 Å². The summed E-state index contributed by atoms with van der Waals surface area (Å²) < 4.78 is 39.8. The fourth-order valence-corrected chi connectivity index (χ4v) is 2.70. The van der Waals surface area contributed by atoms with Crippen LogP contribution in [0.4, 0.5) is 8.78 Å². The summed E-state index contributed by atoms with van der Waals surface area (Å²) in [6.07, 6.45) is 4.32. The predicted molar refractivity (Wildman–Crippen MR) is 82.2 cm³/mol. The third-order valence-electron chi connectivity index (χ3n) is 3.88. The van der Waals surface area contributed by atoms with Crippen LogP contribution < -0.4 is 14.2 Å². The smallest absolute Gasteiger partial charge is 0.387 e. The van der Waals surface area contributed by atoms with Gasteiger partial charge in [-0.2, -0.15) is 8.78 Å². The van der Waals surface area contributed by atoms with E-state index in [0.717, 1.165) is 18.4 Å². The third-order valence-corrected chi connectivity index (χ3v) is 3.88. The van der Waals surface area contributed by atoms with Crippen LogP contribution in [0.2, 0.25) is 0 Å². The molecule has 0 heterocycles. The Bertz CT molecular complexity index is 586. The molecule has 1 aromatic rings. The van der Waals surface area contributed by atoms with Gasteiger partial charge in [0.2, 0.25) is 5.75 Å². The Kier molecular flexibility index (Phi) is 5.58. The lowest BCUT2D eigenvalue weighted by atomic mass is 9.84. The van der Waals surface area contributed by atoms with E-state index in [1.165, 1.54) is 14.2 Å². The van der Waals surface area contributed by atoms with Gasteiger partial charge in [-0.05, 0) is 48.6 Å². The lowest BCUT2D eigenvalue weighted by Gasteiger charge is -2.19. The van der Waals surface area contributed by atoms with Crippen molar-refractivity contribution in [2.75, 3.05) is 14.2 Å². The maximum Gasteiger partial charge on any atom is 0.387 e. The van der Waals surface area contributed by atoms with E-state index in [9.17, 15) is 13.6 Å². The molecule has 6 heteroatoms. The minimum absolute atomic E-state index is 0.0141. The van der Waals surface area contributed by atoms with Crippen LogP contribution in [0, 0.1) is 5.92 Å². The SMILES string of the molecule is COc1cc(/C=C2\CCC[C@H](C)C2=O)cc(OC)c1OC(F)F. The normalized spacial score (nSPS) is 20.0. The van der Waals surface area contributed by atoms with Gasteiger partial charge in [-0.25, -0.2) is 0 Å². The van der Waals surface area contributed by atoms with Crippen LogP contribution in [0.5, 0.6) is 17.2 Å². The molecule has 126 valence electrons. The zero-order valence-corrected chi connectivity index (χ0v) is 13.4. The number of ketones is 1. The van der Waals surface area contributed by atoms with E-state index >= 15 is 0 Å². The fourth-order valence-electron chi connectivity index (χ4n) is 2.70. The molecule has 1 aliphatic rings. The molecule has 1 aromatic carbocycles. The lowest BCUT2D eigenvalue weighted by Crippen LogP contribution is -2.18. The summed E-state index contributed by atoms with van der Waals surface area (Å²) in [6.45, 7) is -1.07. The molecule has 1 saturated carbocycles. The molecule has 1 fully saturated rings. The van der Waals surface area contributed by atoms with Crippen molar-refractivity contribution in [3.05, 3.63) is 23.3 Å². The molecule has 1 aliphatic carbocycles. The molecule has 1 atom stereocenters. The predicted octanol–water partition coefficient (Wildman–Crippen LogP) is 4.08. The average molecular weight is 326 g/mol. The first kappa shape index (κ1) is 17.2. The molecule has 0 spiro atoms. The van der Waals surface area contributed by atoms with Gasteiger partial charge >= 0.3 is 6.61 Å². The van der Waals surface area contributed by atoms with Crippen molar-refractivity contribution in [1.82, 2.24) is 0 Å².